The molecule has 0 aliphatic carbocycles. The Morgan fingerprint density at radius 1 is 1.08 bits per heavy atom. The van der Waals surface area contributed by atoms with E-state index < -0.39 is 0 Å². The van der Waals surface area contributed by atoms with Crippen LogP contribution in [0, 0.1) is 5.92 Å². The van der Waals surface area contributed by atoms with Crippen molar-refractivity contribution in [1.29, 1.82) is 0 Å². The van der Waals surface area contributed by atoms with Crippen molar-refractivity contribution in [3.63, 3.8) is 0 Å². The number of fused-ring (bicyclic) bond motifs is 4. The molecule has 2 atom stereocenters. The maximum absolute atomic E-state index is 12.1. The lowest BCUT2D eigenvalue weighted by Crippen LogP contribution is -2.46. The van der Waals surface area contributed by atoms with E-state index in [1.807, 2.05) is 10.6 Å². The minimum atomic E-state index is 0.157. The minimum absolute atomic E-state index is 0.157. The Hall–Kier alpha value is -2.07. The fourth-order valence-electron chi connectivity index (χ4n) is 4.41. The van der Waals surface area contributed by atoms with Gasteiger partial charge in [0.05, 0.1) is 6.61 Å². The Kier molecular flexibility index (Phi) is 5.11. The number of likely N-dealkylation sites (tertiary alicyclic amines) is 1. The molecule has 4 heteroatoms. The van der Waals surface area contributed by atoms with Crippen molar-refractivity contribution in [1.82, 2.24) is 9.47 Å². The van der Waals surface area contributed by atoms with Gasteiger partial charge in [-0.25, -0.2) is 0 Å². The maximum Gasteiger partial charge on any atom is 0.250 e. The Balaban J connectivity index is 1.41. The Morgan fingerprint density at radius 3 is 2.73 bits per heavy atom. The van der Waals surface area contributed by atoms with Gasteiger partial charge in [-0.15, -0.1) is 0 Å². The summed E-state index contributed by atoms with van der Waals surface area (Å²) in [6, 6.07) is 14.3. The van der Waals surface area contributed by atoms with Crippen LogP contribution in [0.4, 0.5) is 0 Å². The molecule has 0 saturated carbocycles. The van der Waals surface area contributed by atoms with E-state index in [1.165, 1.54) is 17.7 Å². The van der Waals surface area contributed by atoms with Crippen LogP contribution in [0.15, 0.2) is 47.3 Å². The second-order valence-electron chi connectivity index (χ2n) is 7.74. The van der Waals surface area contributed by atoms with Crippen LogP contribution in [0.1, 0.15) is 43.4 Å². The van der Waals surface area contributed by atoms with Crippen LogP contribution in [-0.2, 0) is 13.1 Å². The van der Waals surface area contributed by atoms with Gasteiger partial charge in [-0.1, -0.05) is 31.5 Å². The van der Waals surface area contributed by atoms with E-state index in [-0.39, 0.29) is 5.56 Å². The quantitative estimate of drug-likeness (QED) is 0.745. The molecule has 1 fully saturated rings. The van der Waals surface area contributed by atoms with Gasteiger partial charge in [-0.3, -0.25) is 9.69 Å². The molecule has 4 nitrogen and oxygen atoms in total. The Labute approximate surface area is 155 Å². The summed E-state index contributed by atoms with van der Waals surface area (Å²) in [5.74, 6) is 2.03. The molecule has 4 rings (SSSR count). The van der Waals surface area contributed by atoms with Crippen LogP contribution in [0.5, 0.6) is 5.75 Å². The lowest BCUT2D eigenvalue weighted by molar-refractivity contribution is 0.114. The number of hydrogen-bond donors (Lipinski definition) is 0. The first-order valence-corrected chi connectivity index (χ1v) is 9.87. The predicted molar refractivity (Wildman–Crippen MR) is 104 cm³/mol. The van der Waals surface area contributed by atoms with Crippen molar-refractivity contribution in [3.8, 4) is 5.75 Å². The third-order valence-electron chi connectivity index (χ3n) is 5.65. The molecule has 1 aromatic heterocycles. The van der Waals surface area contributed by atoms with E-state index in [9.17, 15) is 4.79 Å². The third kappa shape index (κ3) is 3.70. The normalized spacial score (nSPS) is 22.0. The van der Waals surface area contributed by atoms with E-state index in [4.69, 9.17) is 4.74 Å². The topological polar surface area (TPSA) is 34.5 Å². The first kappa shape index (κ1) is 17.3. The van der Waals surface area contributed by atoms with Gasteiger partial charge in [0.15, 0.2) is 0 Å². The first-order chi connectivity index (χ1) is 12.7. The average molecular weight is 352 g/mol. The second-order valence-corrected chi connectivity index (χ2v) is 7.74. The standard InChI is InChI=1S/C22H28N2O2/c1-2-3-11-26-20-9-7-17(8-10-20)13-23-14-18-12-19(16-23)21-5-4-6-22(25)24(21)15-18/h4-10,18-19H,2-3,11-16H2,1H3/t18-,19-/m1/s1. The third-order valence-corrected chi connectivity index (χ3v) is 5.65. The van der Waals surface area contributed by atoms with Crippen LogP contribution in [0.3, 0.4) is 0 Å². The first-order valence-electron chi connectivity index (χ1n) is 9.87. The number of hydrogen-bond acceptors (Lipinski definition) is 3. The lowest BCUT2D eigenvalue weighted by Gasteiger charge is -2.42. The van der Waals surface area contributed by atoms with E-state index in [2.05, 4.69) is 42.2 Å². The molecule has 0 spiro atoms. The van der Waals surface area contributed by atoms with Crippen molar-refractivity contribution >= 4 is 0 Å². The average Bonchev–Trinajstić information content (AvgIpc) is 2.64. The van der Waals surface area contributed by atoms with Crippen molar-refractivity contribution in [2.24, 2.45) is 5.92 Å². The molecule has 0 N–H and O–H groups in total. The maximum atomic E-state index is 12.1. The van der Waals surface area contributed by atoms with E-state index in [0.717, 1.165) is 51.4 Å². The number of unbranched alkanes of at least 4 members (excludes halogenated alkanes) is 1. The summed E-state index contributed by atoms with van der Waals surface area (Å²) >= 11 is 0. The summed E-state index contributed by atoms with van der Waals surface area (Å²) in [7, 11) is 0. The summed E-state index contributed by atoms with van der Waals surface area (Å²) in [5, 5.41) is 0. The molecule has 2 bridgehead atoms. The fraction of sp³-hybridized carbons (Fsp3) is 0.500. The minimum Gasteiger partial charge on any atom is -0.494 e. The molecule has 2 aliphatic rings. The van der Waals surface area contributed by atoms with Crippen molar-refractivity contribution in [2.45, 2.75) is 45.2 Å². The number of benzene rings is 1. The predicted octanol–water partition coefficient (Wildman–Crippen LogP) is 3.65. The molecule has 0 radical (unpaired) electrons. The highest BCUT2D eigenvalue weighted by molar-refractivity contribution is 5.27. The smallest absolute Gasteiger partial charge is 0.250 e. The molecule has 1 saturated heterocycles. The van der Waals surface area contributed by atoms with Gasteiger partial charge < -0.3 is 9.30 Å². The summed E-state index contributed by atoms with van der Waals surface area (Å²) in [4.78, 5) is 14.7. The van der Waals surface area contributed by atoms with Crippen LogP contribution in [0.2, 0.25) is 0 Å². The number of rotatable bonds is 6. The second kappa shape index (κ2) is 7.67. The molecule has 26 heavy (non-hydrogen) atoms. The zero-order valence-electron chi connectivity index (χ0n) is 15.6. The van der Waals surface area contributed by atoms with Crippen LogP contribution in [0.25, 0.3) is 0 Å². The van der Waals surface area contributed by atoms with Gasteiger partial charge in [-0.2, -0.15) is 0 Å². The van der Waals surface area contributed by atoms with E-state index in [1.54, 1.807) is 6.07 Å². The van der Waals surface area contributed by atoms with Gasteiger partial charge in [0.25, 0.3) is 5.56 Å². The van der Waals surface area contributed by atoms with Gasteiger partial charge in [0.1, 0.15) is 5.75 Å². The number of pyridine rings is 1. The number of nitrogens with zero attached hydrogens (tertiary/aromatic N) is 2. The van der Waals surface area contributed by atoms with Gasteiger partial charge >= 0.3 is 0 Å². The van der Waals surface area contributed by atoms with Crippen LogP contribution in [-0.4, -0.2) is 29.2 Å². The molecular weight excluding hydrogens is 324 g/mol. The zero-order chi connectivity index (χ0) is 17.9. The van der Waals surface area contributed by atoms with Crippen LogP contribution < -0.4 is 10.3 Å². The highest BCUT2D eigenvalue weighted by Gasteiger charge is 2.34. The highest BCUT2D eigenvalue weighted by atomic mass is 16.5. The van der Waals surface area contributed by atoms with Gasteiger partial charge in [-0.05, 0) is 42.5 Å². The Morgan fingerprint density at radius 2 is 1.92 bits per heavy atom. The van der Waals surface area contributed by atoms with Crippen LogP contribution >= 0.6 is 0 Å². The largest absolute Gasteiger partial charge is 0.494 e. The van der Waals surface area contributed by atoms with Crippen molar-refractivity contribution < 1.29 is 4.74 Å². The molecule has 2 aromatic rings. The Bertz CT molecular complexity index is 797. The summed E-state index contributed by atoms with van der Waals surface area (Å²) in [6.45, 7) is 6.92. The summed E-state index contributed by atoms with van der Waals surface area (Å²) in [6.07, 6.45) is 3.47. The molecule has 0 unspecified atom stereocenters. The molecular formula is C22H28N2O2. The van der Waals surface area contributed by atoms with E-state index >= 15 is 0 Å². The monoisotopic (exact) mass is 352 g/mol. The molecule has 2 aliphatic heterocycles. The van der Waals surface area contributed by atoms with Crippen molar-refractivity contribution in [3.05, 3.63) is 64.1 Å². The fourth-order valence-corrected chi connectivity index (χ4v) is 4.41. The number of ether oxygens (including phenoxy) is 1. The summed E-state index contributed by atoms with van der Waals surface area (Å²) < 4.78 is 7.75. The number of piperidine rings is 1. The zero-order valence-corrected chi connectivity index (χ0v) is 15.6. The van der Waals surface area contributed by atoms with Crippen molar-refractivity contribution in [2.75, 3.05) is 19.7 Å². The molecule has 1 aromatic carbocycles. The number of aromatic nitrogens is 1. The van der Waals surface area contributed by atoms with E-state index in [0.29, 0.717) is 11.8 Å². The molecule has 138 valence electrons. The molecule has 3 heterocycles. The summed E-state index contributed by atoms with van der Waals surface area (Å²) in [5.41, 5.74) is 2.71. The van der Waals surface area contributed by atoms with Gasteiger partial charge in [0.2, 0.25) is 0 Å². The lowest BCUT2D eigenvalue weighted by atomic mass is 9.83. The van der Waals surface area contributed by atoms with Gasteiger partial charge in [0, 0.05) is 43.9 Å². The highest BCUT2D eigenvalue weighted by Crippen LogP contribution is 2.35. The molecule has 0 amide bonds. The SMILES string of the molecule is CCCCOc1ccc(CN2C[C@H]3C[C@H](C2)c2cccc(=O)n2C3)cc1.